The Bertz CT molecular complexity index is 159. The molecule has 0 atom stereocenters. The maximum Gasteiger partial charge on any atom is 0.101 e. The molecule has 0 aliphatic heterocycles. The number of allylic oxidation sites excluding steroid dienone is 3. The van der Waals surface area contributed by atoms with Gasteiger partial charge in [-0.3, -0.25) is 0 Å². The lowest BCUT2D eigenvalue weighted by molar-refractivity contribution is 0.320. The van der Waals surface area contributed by atoms with E-state index in [1.807, 2.05) is 6.08 Å². The van der Waals surface area contributed by atoms with Gasteiger partial charge in [-0.15, -0.1) is 0 Å². The third-order valence-electron chi connectivity index (χ3n) is 1.34. The highest BCUT2D eigenvalue weighted by molar-refractivity contribution is 6.03. The number of oxime groups is 1. The van der Waals surface area contributed by atoms with Crippen molar-refractivity contribution < 1.29 is 5.21 Å². The zero-order valence-electron chi connectivity index (χ0n) is 6.95. The van der Waals surface area contributed by atoms with E-state index in [0.29, 0.717) is 5.71 Å². The summed E-state index contributed by atoms with van der Waals surface area (Å²) in [7, 11) is 0. The van der Waals surface area contributed by atoms with Gasteiger partial charge in [0.25, 0.3) is 0 Å². The van der Waals surface area contributed by atoms with Gasteiger partial charge in [-0.25, -0.2) is 0 Å². The Balaban J connectivity index is 3.63. The van der Waals surface area contributed by atoms with Crippen LogP contribution in [0.15, 0.2) is 30.0 Å². The fourth-order valence-electron chi connectivity index (χ4n) is 0.668. The summed E-state index contributed by atoms with van der Waals surface area (Å²) in [6.07, 6.45) is 8.66. The summed E-state index contributed by atoms with van der Waals surface area (Å²) in [6.45, 7) is 5.63. The Morgan fingerprint density at radius 1 is 1.64 bits per heavy atom. The van der Waals surface area contributed by atoms with E-state index in [1.54, 1.807) is 6.08 Å². The van der Waals surface area contributed by atoms with E-state index in [-0.39, 0.29) is 0 Å². The molecule has 0 unspecified atom stereocenters. The molecule has 0 heterocycles. The third-order valence-corrected chi connectivity index (χ3v) is 1.34. The van der Waals surface area contributed by atoms with Gasteiger partial charge in [0.05, 0.1) is 0 Å². The quantitative estimate of drug-likeness (QED) is 0.280. The smallest absolute Gasteiger partial charge is 0.101 e. The molecule has 0 rings (SSSR count). The van der Waals surface area contributed by atoms with E-state index in [1.165, 1.54) is 18.9 Å². The SMILES string of the molecule is C=CC(C=CCCCC)=NO. The summed E-state index contributed by atoms with van der Waals surface area (Å²) < 4.78 is 0. The summed E-state index contributed by atoms with van der Waals surface area (Å²) in [5.74, 6) is 0. The number of nitrogens with zero attached hydrogens (tertiary/aromatic N) is 1. The molecule has 0 aliphatic carbocycles. The van der Waals surface area contributed by atoms with Gasteiger partial charge >= 0.3 is 0 Å². The van der Waals surface area contributed by atoms with E-state index in [2.05, 4.69) is 18.7 Å². The molecule has 0 bridgehead atoms. The van der Waals surface area contributed by atoms with E-state index in [0.717, 1.165) is 6.42 Å². The molecule has 0 spiro atoms. The average molecular weight is 153 g/mol. The maximum atomic E-state index is 8.35. The lowest BCUT2D eigenvalue weighted by Gasteiger charge is -1.88. The summed E-state index contributed by atoms with van der Waals surface area (Å²) in [5, 5.41) is 11.4. The van der Waals surface area contributed by atoms with E-state index >= 15 is 0 Å². The predicted octanol–water partition coefficient (Wildman–Crippen LogP) is 2.75. The number of unbranched alkanes of at least 4 members (excludes halogenated alkanes) is 2. The maximum absolute atomic E-state index is 8.35. The van der Waals surface area contributed by atoms with Crippen LogP contribution < -0.4 is 0 Å². The summed E-state index contributed by atoms with van der Waals surface area (Å²) in [4.78, 5) is 0. The van der Waals surface area contributed by atoms with Gasteiger partial charge in [0.15, 0.2) is 0 Å². The molecule has 62 valence electrons. The minimum atomic E-state index is 0.515. The van der Waals surface area contributed by atoms with Gasteiger partial charge in [-0.1, -0.05) is 37.6 Å². The van der Waals surface area contributed by atoms with Crippen molar-refractivity contribution >= 4 is 5.71 Å². The van der Waals surface area contributed by atoms with Crippen molar-refractivity contribution in [1.82, 2.24) is 0 Å². The average Bonchev–Trinajstić information content (AvgIpc) is 2.05. The van der Waals surface area contributed by atoms with Crippen molar-refractivity contribution in [2.24, 2.45) is 5.16 Å². The molecular formula is C9H15NO. The van der Waals surface area contributed by atoms with Crippen LogP contribution in [0, 0.1) is 0 Å². The zero-order chi connectivity index (χ0) is 8.53. The van der Waals surface area contributed by atoms with Crippen molar-refractivity contribution in [1.29, 1.82) is 0 Å². The second kappa shape index (κ2) is 7.06. The van der Waals surface area contributed by atoms with Gasteiger partial charge in [-0.2, -0.15) is 0 Å². The second-order valence-corrected chi connectivity index (χ2v) is 2.27. The predicted molar refractivity (Wildman–Crippen MR) is 48.1 cm³/mol. The van der Waals surface area contributed by atoms with Crippen molar-refractivity contribution in [2.75, 3.05) is 0 Å². The topological polar surface area (TPSA) is 32.6 Å². The monoisotopic (exact) mass is 153 g/mol. The van der Waals surface area contributed by atoms with Gasteiger partial charge in [-0.05, 0) is 18.6 Å². The van der Waals surface area contributed by atoms with E-state index < -0.39 is 0 Å². The Kier molecular flexibility index (Phi) is 6.39. The highest BCUT2D eigenvalue weighted by Crippen LogP contribution is 1.95. The molecule has 0 aromatic rings. The summed E-state index contributed by atoms with van der Waals surface area (Å²) in [5.41, 5.74) is 0.515. The molecule has 0 saturated carbocycles. The Morgan fingerprint density at radius 2 is 2.36 bits per heavy atom. The molecule has 1 N–H and O–H groups in total. The first kappa shape index (κ1) is 9.95. The Morgan fingerprint density at radius 3 is 2.82 bits per heavy atom. The Labute approximate surface area is 67.9 Å². The number of rotatable bonds is 5. The molecule has 0 radical (unpaired) electrons. The minimum absolute atomic E-state index is 0.515. The van der Waals surface area contributed by atoms with Crippen molar-refractivity contribution in [3.8, 4) is 0 Å². The second-order valence-electron chi connectivity index (χ2n) is 2.27. The molecule has 11 heavy (non-hydrogen) atoms. The molecule has 0 saturated heterocycles. The first-order chi connectivity index (χ1) is 5.35. The van der Waals surface area contributed by atoms with Crippen LogP contribution in [0.2, 0.25) is 0 Å². The van der Waals surface area contributed by atoms with Crippen LogP contribution in [0.25, 0.3) is 0 Å². The molecule has 0 amide bonds. The Hall–Kier alpha value is -1.05. The molecule has 0 fully saturated rings. The number of hydrogen-bond acceptors (Lipinski definition) is 2. The van der Waals surface area contributed by atoms with Gasteiger partial charge in [0, 0.05) is 0 Å². The van der Waals surface area contributed by atoms with Gasteiger partial charge in [0.1, 0.15) is 5.71 Å². The van der Waals surface area contributed by atoms with Gasteiger partial charge in [0.2, 0.25) is 0 Å². The fourth-order valence-corrected chi connectivity index (χ4v) is 0.668. The first-order valence-corrected chi connectivity index (χ1v) is 3.86. The highest BCUT2D eigenvalue weighted by Gasteiger charge is 1.83. The van der Waals surface area contributed by atoms with Crippen molar-refractivity contribution in [2.45, 2.75) is 26.2 Å². The molecule has 0 aliphatic rings. The van der Waals surface area contributed by atoms with E-state index in [4.69, 9.17) is 5.21 Å². The normalized spacial score (nSPS) is 12.3. The third kappa shape index (κ3) is 5.40. The molecule has 2 heteroatoms. The van der Waals surface area contributed by atoms with Crippen LogP contribution in [0.5, 0.6) is 0 Å². The molecule has 0 aromatic carbocycles. The highest BCUT2D eigenvalue weighted by atomic mass is 16.4. The summed E-state index contributed by atoms with van der Waals surface area (Å²) in [6, 6.07) is 0. The van der Waals surface area contributed by atoms with Crippen LogP contribution >= 0.6 is 0 Å². The number of hydrogen-bond donors (Lipinski definition) is 1. The summed E-state index contributed by atoms with van der Waals surface area (Å²) >= 11 is 0. The van der Waals surface area contributed by atoms with Crippen LogP contribution in [0.3, 0.4) is 0 Å². The lowest BCUT2D eigenvalue weighted by Crippen LogP contribution is -1.84. The lowest BCUT2D eigenvalue weighted by atomic mass is 10.2. The van der Waals surface area contributed by atoms with Gasteiger partial charge < -0.3 is 5.21 Å². The zero-order valence-corrected chi connectivity index (χ0v) is 6.95. The fraction of sp³-hybridized carbons (Fsp3) is 0.444. The van der Waals surface area contributed by atoms with Crippen LogP contribution in [-0.4, -0.2) is 10.9 Å². The molecule has 0 aromatic heterocycles. The van der Waals surface area contributed by atoms with Crippen molar-refractivity contribution in [3.63, 3.8) is 0 Å². The molecule has 2 nitrogen and oxygen atoms in total. The first-order valence-electron chi connectivity index (χ1n) is 3.86. The molecular weight excluding hydrogens is 138 g/mol. The van der Waals surface area contributed by atoms with Crippen LogP contribution in [0.4, 0.5) is 0 Å². The standard InChI is InChI=1S/C9H15NO/c1-3-5-6-7-8-9(4-2)10-11/h4,7-8,11H,2-3,5-6H2,1H3. The van der Waals surface area contributed by atoms with Crippen LogP contribution in [0.1, 0.15) is 26.2 Å². The largest absolute Gasteiger partial charge is 0.410 e. The van der Waals surface area contributed by atoms with Crippen molar-refractivity contribution in [3.05, 3.63) is 24.8 Å². The minimum Gasteiger partial charge on any atom is -0.410 e. The van der Waals surface area contributed by atoms with Crippen LogP contribution in [-0.2, 0) is 0 Å². The van der Waals surface area contributed by atoms with E-state index in [9.17, 15) is 0 Å².